The third-order valence-corrected chi connectivity index (χ3v) is 4.46. The number of esters is 1. The fraction of sp³-hybridized carbons (Fsp3) is 0.167. The van der Waals surface area contributed by atoms with Gasteiger partial charge in [-0.05, 0) is 54.4 Å². The van der Waals surface area contributed by atoms with Gasteiger partial charge in [-0.2, -0.15) is 0 Å². The van der Waals surface area contributed by atoms with Gasteiger partial charge in [-0.1, -0.05) is 11.6 Å². The van der Waals surface area contributed by atoms with Crippen LogP contribution in [0.1, 0.15) is 33.5 Å². The van der Waals surface area contributed by atoms with E-state index in [1.54, 1.807) is 19.1 Å². The monoisotopic (exact) mass is 392 g/mol. The molecule has 2 aromatic heterocycles. The molecule has 3 aromatic rings. The predicted octanol–water partition coefficient (Wildman–Crippen LogP) is 4.95. The van der Waals surface area contributed by atoms with E-state index in [0.717, 1.165) is 0 Å². The van der Waals surface area contributed by atoms with Crippen molar-refractivity contribution in [2.45, 2.75) is 19.4 Å². The molecule has 132 valence electrons. The predicted molar refractivity (Wildman–Crippen MR) is 92.8 cm³/mol. The van der Waals surface area contributed by atoms with Gasteiger partial charge in [0.05, 0.1) is 0 Å². The largest absolute Gasteiger partial charge is 0.460 e. The zero-order valence-corrected chi connectivity index (χ0v) is 14.9. The average Bonchev–Trinajstić information content (AvgIpc) is 3.15. The summed E-state index contributed by atoms with van der Waals surface area (Å²) in [6, 6.07) is 7.63. The Morgan fingerprint density at radius 1 is 1.19 bits per heavy atom. The third-order valence-electron chi connectivity index (χ3n) is 4.05. The minimum atomic E-state index is -0.791. The van der Waals surface area contributed by atoms with E-state index in [1.165, 1.54) is 18.2 Å². The molecule has 5 nitrogen and oxygen atoms in total. The van der Waals surface area contributed by atoms with Crippen LogP contribution >= 0.6 is 23.2 Å². The Labute approximate surface area is 157 Å². The summed E-state index contributed by atoms with van der Waals surface area (Å²) in [5.74, 6) is -0.00363. The molecule has 0 N–H and O–H groups in total. The summed E-state index contributed by atoms with van der Waals surface area (Å²) in [5.41, 5.74) is 1.05. The average molecular weight is 393 g/mol. The van der Waals surface area contributed by atoms with E-state index in [4.69, 9.17) is 32.4 Å². The Morgan fingerprint density at radius 2 is 2.00 bits per heavy atom. The first kappa shape index (κ1) is 17.0. The van der Waals surface area contributed by atoms with E-state index in [-0.39, 0.29) is 23.0 Å². The number of aromatic nitrogens is 2. The summed E-state index contributed by atoms with van der Waals surface area (Å²) in [6.45, 7) is 1.77. The van der Waals surface area contributed by atoms with Crippen LogP contribution in [0.25, 0.3) is 11.5 Å². The molecular weight excluding hydrogens is 382 g/mol. The third kappa shape index (κ3) is 2.95. The second kappa shape index (κ2) is 6.37. The van der Waals surface area contributed by atoms with Crippen LogP contribution in [-0.4, -0.2) is 15.9 Å². The molecule has 8 heteroatoms. The van der Waals surface area contributed by atoms with Gasteiger partial charge >= 0.3 is 5.97 Å². The number of fused-ring (bicyclic) bond motifs is 1. The molecule has 1 aliphatic rings. The second-order valence-corrected chi connectivity index (χ2v) is 6.62. The molecule has 4 rings (SSSR count). The van der Waals surface area contributed by atoms with Gasteiger partial charge in [-0.15, -0.1) is 0 Å². The molecule has 1 atom stereocenters. The van der Waals surface area contributed by atoms with Crippen molar-refractivity contribution in [2.24, 2.45) is 0 Å². The van der Waals surface area contributed by atoms with E-state index in [0.29, 0.717) is 27.8 Å². The molecule has 1 unspecified atom stereocenters. The summed E-state index contributed by atoms with van der Waals surface area (Å²) in [7, 11) is 0. The van der Waals surface area contributed by atoms with E-state index < -0.39 is 17.9 Å². The summed E-state index contributed by atoms with van der Waals surface area (Å²) in [6.07, 6.45) is -0.712. The zero-order chi connectivity index (χ0) is 18.4. The minimum Gasteiger partial charge on any atom is -0.460 e. The fourth-order valence-corrected chi connectivity index (χ4v) is 3.28. The molecule has 0 fully saturated rings. The molecule has 0 amide bonds. The highest BCUT2D eigenvalue weighted by molar-refractivity contribution is 6.30. The molecule has 1 aromatic carbocycles. The number of aryl methyl sites for hydroxylation is 1. The van der Waals surface area contributed by atoms with Gasteiger partial charge in [0.2, 0.25) is 5.28 Å². The molecule has 0 saturated heterocycles. The van der Waals surface area contributed by atoms with Gasteiger partial charge in [0.1, 0.15) is 34.6 Å². The summed E-state index contributed by atoms with van der Waals surface area (Å²) in [4.78, 5) is 20.7. The Bertz CT molecular complexity index is 1040. The number of ether oxygens (including phenoxy) is 1. The molecule has 1 aliphatic heterocycles. The Hall–Kier alpha value is -2.44. The lowest BCUT2D eigenvalue weighted by Crippen LogP contribution is -2.06. The van der Waals surface area contributed by atoms with Gasteiger partial charge in [0.15, 0.2) is 5.76 Å². The number of cyclic esters (lactones) is 1. The van der Waals surface area contributed by atoms with Crippen molar-refractivity contribution in [1.82, 2.24) is 9.97 Å². The summed E-state index contributed by atoms with van der Waals surface area (Å²) >= 11 is 12.0. The number of hydrogen-bond acceptors (Lipinski definition) is 5. The van der Waals surface area contributed by atoms with Crippen LogP contribution < -0.4 is 0 Å². The van der Waals surface area contributed by atoms with Gasteiger partial charge in [-0.3, -0.25) is 0 Å². The number of furan rings is 1. The maximum Gasteiger partial charge on any atom is 0.343 e. The fourth-order valence-electron chi connectivity index (χ4n) is 2.91. The van der Waals surface area contributed by atoms with Crippen molar-refractivity contribution >= 4 is 29.2 Å². The Balaban J connectivity index is 1.79. The van der Waals surface area contributed by atoms with Crippen molar-refractivity contribution in [2.75, 3.05) is 0 Å². The maximum absolute atomic E-state index is 14.0. The number of nitrogens with zero attached hydrogens (tertiary/aromatic N) is 2. The van der Waals surface area contributed by atoms with Crippen LogP contribution in [0.2, 0.25) is 10.3 Å². The van der Waals surface area contributed by atoms with Gasteiger partial charge in [-0.25, -0.2) is 19.2 Å². The van der Waals surface area contributed by atoms with Gasteiger partial charge in [0, 0.05) is 11.4 Å². The lowest BCUT2D eigenvalue weighted by Gasteiger charge is -2.11. The highest BCUT2D eigenvalue weighted by Gasteiger charge is 2.38. The standard InChI is InChI=1S/C18H11Cl2FN2O3/c1-8-2-5-12(25-8)15-14-16(23-18(20)22-15)13(26-17(14)24)7-9-6-10(19)3-4-11(9)21/h2-6,13H,7H2,1H3. The summed E-state index contributed by atoms with van der Waals surface area (Å²) < 4.78 is 25.0. The maximum atomic E-state index is 14.0. The molecule has 0 bridgehead atoms. The SMILES string of the molecule is Cc1ccc(-c2nc(Cl)nc3c2C(=O)OC3Cc2cc(Cl)ccc2F)o1. The van der Waals surface area contributed by atoms with Crippen LogP contribution in [0, 0.1) is 12.7 Å². The van der Waals surface area contributed by atoms with E-state index >= 15 is 0 Å². The van der Waals surface area contributed by atoms with Crippen LogP contribution in [0.15, 0.2) is 34.7 Å². The van der Waals surface area contributed by atoms with E-state index in [9.17, 15) is 9.18 Å². The highest BCUT2D eigenvalue weighted by Crippen LogP contribution is 2.38. The lowest BCUT2D eigenvalue weighted by molar-refractivity contribution is 0.0381. The van der Waals surface area contributed by atoms with Crippen LogP contribution in [-0.2, 0) is 11.2 Å². The number of hydrogen-bond donors (Lipinski definition) is 0. The first-order chi connectivity index (χ1) is 12.4. The van der Waals surface area contributed by atoms with E-state index in [1.807, 2.05) is 0 Å². The highest BCUT2D eigenvalue weighted by atomic mass is 35.5. The van der Waals surface area contributed by atoms with Crippen molar-refractivity contribution in [3.8, 4) is 11.5 Å². The van der Waals surface area contributed by atoms with Crippen molar-refractivity contribution in [1.29, 1.82) is 0 Å². The lowest BCUT2D eigenvalue weighted by atomic mass is 10.0. The first-order valence-corrected chi connectivity index (χ1v) is 8.47. The number of halogens is 3. The molecule has 26 heavy (non-hydrogen) atoms. The number of rotatable bonds is 3. The smallest absolute Gasteiger partial charge is 0.343 e. The normalized spacial score (nSPS) is 15.8. The summed E-state index contributed by atoms with van der Waals surface area (Å²) in [5, 5.41) is 0.334. The zero-order valence-electron chi connectivity index (χ0n) is 13.4. The Kier molecular flexibility index (Phi) is 4.17. The van der Waals surface area contributed by atoms with Gasteiger partial charge < -0.3 is 9.15 Å². The number of benzene rings is 1. The van der Waals surface area contributed by atoms with Crippen molar-refractivity contribution in [3.63, 3.8) is 0 Å². The first-order valence-electron chi connectivity index (χ1n) is 7.71. The van der Waals surface area contributed by atoms with Crippen molar-refractivity contribution in [3.05, 3.63) is 69.0 Å². The molecule has 0 radical (unpaired) electrons. The molecule has 0 spiro atoms. The topological polar surface area (TPSA) is 65.2 Å². The molecule has 3 heterocycles. The number of carbonyl (C=O) groups is 1. The van der Waals surface area contributed by atoms with Crippen LogP contribution in [0.5, 0.6) is 0 Å². The molecular formula is C18H11Cl2FN2O3. The molecule has 0 saturated carbocycles. The van der Waals surface area contributed by atoms with Crippen molar-refractivity contribution < 1.29 is 18.3 Å². The van der Waals surface area contributed by atoms with Gasteiger partial charge in [0.25, 0.3) is 0 Å². The minimum absolute atomic E-state index is 0.0531. The Morgan fingerprint density at radius 3 is 2.73 bits per heavy atom. The van der Waals surface area contributed by atoms with Crippen LogP contribution in [0.4, 0.5) is 4.39 Å². The number of carbonyl (C=O) groups excluding carboxylic acids is 1. The quantitative estimate of drug-likeness (QED) is 0.466. The molecule has 0 aliphatic carbocycles. The van der Waals surface area contributed by atoms with Crippen LogP contribution in [0.3, 0.4) is 0 Å². The second-order valence-electron chi connectivity index (χ2n) is 5.85. The van der Waals surface area contributed by atoms with E-state index in [2.05, 4.69) is 9.97 Å².